The fourth-order valence-corrected chi connectivity index (χ4v) is 15.7. The first-order valence-corrected chi connectivity index (χ1v) is 46.3. The summed E-state index contributed by atoms with van der Waals surface area (Å²) in [6.45, 7) is 18.6. The Morgan fingerprint density at radius 1 is 0.264 bits per heavy atom. The molecule has 0 aliphatic heterocycles. The monoisotopic (exact) mass is 1910 g/mol. The average Bonchev–Trinajstić information content (AvgIpc) is 1.64. The molecule has 0 radical (unpaired) electrons. The van der Waals surface area contributed by atoms with Gasteiger partial charge in [0.05, 0.1) is 123 Å². The van der Waals surface area contributed by atoms with Gasteiger partial charge in [-0.15, -0.1) is 0 Å². The second-order valence-electron chi connectivity index (χ2n) is 34.1. The van der Waals surface area contributed by atoms with E-state index in [1.165, 1.54) is 11.1 Å². The highest BCUT2D eigenvalue weighted by atomic mass is 16.5. The van der Waals surface area contributed by atoms with Crippen molar-refractivity contribution in [3.8, 4) is 104 Å². The summed E-state index contributed by atoms with van der Waals surface area (Å²) in [5.41, 5.74) is 35.5. The molecule has 144 heavy (non-hydrogen) atoms. The highest BCUT2D eigenvalue weighted by Crippen LogP contribution is 2.32. The number of rotatable bonds is 16. The number of ether oxygens (including phenoxy) is 2. The van der Waals surface area contributed by atoms with Crippen molar-refractivity contribution in [3.05, 3.63) is 376 Å². The highest BCUT2D eigenvalue weighted by molar-refractivity contribution is 5.88. The van der Waals surface area contributed by atoms with Gasteiger partial charge in [0.1, 0.15) is 62.7 Å². The molecule has 13 N–H and O–H groups in total. The molecule has 24 rings (SSSR count). The fourth-order valence-electron chi connectivity index (χ4n) is 15.7. The molecule has 31 nitrogen and oxygen atoms in total. The first kappa shape index (κ1) is 97.5. The van der Waals surface area contributed by atoms with Crippen molar-refractivity contribution in [1.82, 2.24) is 115 Å². The number of nitrogens with zero attached hydrogens (tertiary/aromatic N) is 15. The molecule has 0 unspecified atom stereocenters. The number of benzene rings is 9. The van der Waals surface area contributed by atoms with Crippen molar-refractivity contribution in [3.63, 3.8) is 0 Å². The number of aliphatic hydroxyl groups excluding tert-OH is 5. The van der Waals surface area contributed by atoms with Crippen LogP contribution in [0, 0.1) is 62.3 Å². The number of aliphatic hydroxyl groups is 5. The van der Waals surface area contributed by atoms with Crippen molar-refractivity contribution < 1.29 is 39.8 Å². The molecule has 0 spiro atoms. The Bertz CT molecular complexity index is 7910. The third-order valence-electron chi connectivity index (χ3n) is 23.0. The topological polar surface area (TPSA) is 456 Å². The van der Waals surface area contributed by atoms with Gasteiger partial charge in [0.25, 0.3) is 6.47 Å². The summed E-state index contributed by atoms with van der Waals surface area (Å²) in [6, 6.07) is 89.2. The molecule has 0 saturated heterocycles. The Balaban J connectivity index is 0.000000113. The number of nitrogens with one attached hydrogen (secondary N) is 8. The SMILES string of the molecule is COc1cccc2[nH]c(-c3cccc(C)n3)nc12.Cc1ccc2nc(-c3ncccc3C)[nH]c2c1.Cc1cccc(-c2nc3ccc(CO)cc3[nH]2)c1.Cc1cccc(-c2nc3ccc(CO)cc3[nH]2)n1.Cc1cccc(-c2nc3ccc(CO)cc3[nH]2)n1.Cc1cccc(-c2nc3ccc(CO)cc3[nH]2)n1.Cc1ccnc(-c2nc3ccc(CO)cc3[nH]2)c1.Cc1ccnc(-c2nc3ccc(OC=O)cc3[nH]2)c1. The Morgan fingerprint density at radius 2 is 0.597 bits per heavy atom. The molecule has 0 aliphatic rings. The molecule has 24 aromatic rings. The van der Waals surface area contributed by atoms with Crippen LogP contribution in [-0.2, 0) is 37.8 Å². The van der Waals surface area contributed by atoms with Gasteiger partial charge in [-0.2, -0.15) is 0 Å². The van der Waals surface area contributed by atoms with E-state index in [1.54, 1.807) is 43.9 Å². The minimum Gasteiger partial charge on any atom is -0.494 e. The van der Waals surface area contributed by atoms with Crippen LogP contribution < -0.4 is 9.47 Å². The van der Waals surface area contributed by atoms with Gasteiger partial charge in [0.2, 0.25) is 0 Å². The molecule has 0 saturated carbocycles. The largest absolute Gasteiger partial charge is 0.494 e. The van der Waals surface area contributed by atoms with Crippen LogP contribution in [-0.4, -0.2) is 154 Å². The minimum atomic E-state index is 0.0347. The van der Waals surface area contributed by atoms with Crippen molar-refractivity contribution in [2.75, 3.05) is 7.11 Å². The van der Waals surface area contributed by atoms with E-state index in [0.29, 0.717) is 18.0 Å². The molecule has 31 heteroatoms. The van der Waals surface area contributed by atoms with E-state index in [2.05, 4.69) is 153 Å². The number of hydrogen-bond donors (Lipinski definition) is 13. The lowest BCUT2D eigenvalue weighted by Gasteiger charge is -1.98. The lowest BCUT2D eigenvalue weighted by Crippen LogP contribution is -1.88. The van der Waals surface area contributed by atoms with E-state index in [1.807, 2.05) is 285 Å². The summed E-state index contributed by atoms with van der Waals surface area (Å²) >= 11 is 0. The van der Waals surface area contributed by atoms with E-state index in [9.17, 15) is 4.79 Å². The number of pyridine rings is 7. The second kappa shape index (κ2) is 45.2. The Kier molecular flexibility index (Phi) is 30.6. The first-order chi connectivity index (χ1) is 70.1. The van der Waals surface area contributed by atoms with E-state index >= 15 is 0 Å². The molecule has 0 fully saturated rings. The van der Waals surface area contributed by atoms with Crippen LogP contribution in [0.2, 0.25) is 0 Å². The molecule has 15 heterocycles. The standard InChI is InChI=1S/C15H14N2O.C14H11N3O2.5C14H13N3O.C14H13N3/c1-10-3-2-4-12(7-10)15-16-13-6-5-11(9-18)8-14(13)17-15;1-9-4-5-15-13(6-9)14-16-11-3-2-10(19-8-18)7-12(11)17-14;1-9-5-3-7-11(15-9)14-16-10-6-4-8-12(18-2)13(10)17-14;1-9-4-5-15-13(6-9)14-16-11-3-2-10(8-18)7-12(11)17-14;3*1-9-3-2-4-12(15-9)14-16-11-6-5-10(8-18)7-13(11)17-14;1-9-5-6-11-12(8-9)17-14(16-11)13-10(2)4-3-7-15-13/h2-8,18H,9H2,1H3,(H,16,17);2-8H,1H3,(H,16,17);3-8H,1-2H3,(H,16,17);4*2-7,18H,8H2,1H3,(H,16,17);3-8H,1-2H3,(H,16,17). The van der Waals surface area contributed by atoms with Gasteiger partial charge in [0, 0.05) is 53.0 Å². The van der Waals surface area contributed by atoms with Gasteiger partial charge in [-0.05, 0) is 294 Å². The van der Waals surface area contributed by atoms with Crippen LogP contribution >= 0.6 is 0 Å². The number of imidazole rings is 8. The molecule has 9 aromatic carbocycles. The number of hydrogen-bond acceptors (Lipinski definition) is 23. The van der Waals surface area contributed by atoms with Crippen LogP contribution in [0.1, 0.15) is 78.4 Å². The molecule has 718 valence electrons. The maximum absolute atomic E-state index is 10.3. The summed E-state index contributed by atoms with van der Waals surface area (Å²) in [5.74, 6) is 7.42. The lowest BCUT2D eigenvalue weighted by molar-refractivity contribution is -0.120. The van der Waals surface area contributed by atoms with Crippen molar-refractivity contribution in [1.29, 1.82) is 0 Å². The number of para-hydroxylation sites is 1. The van der Waals surface area contributed by atoms with E-state index < -0.39 is 0 Å². The van der Waals surface area contributed by atoms with Crippen molar-refractivity contribution >= 4 is 94.7 Å². The summed E-state index contributed by atoms with van der Waals surface area (Å²) in [7, 11) is 1.65. The van der Waals surface area contributed by atoms with Gasteiger partial charge in [-0.3, -0.25) is 19.7 Å². The maximum atomic E-state index is 10.3. The molecule has 0 bridgehead atoms. The zero-order chi connectivity index (χ0) is 100. The lowest BCUT2D eigenvalue weighted by atomic mass is 10.1. The van der Waals surface area contributed by atoms with Gasteiger partial charge in [0.15, 0.2) is 40.8 Å². The normalized spacial score (nSPS) is 10.9. The Hall–Kier alpha value is -18.1. The van der Waals surface area contributed by atoms with E-state index in [-0.39, 0.29) is 33.0 Å². The molecule has 0 aliphatic carbocycles. The van der Waals surface area contributed by atoms with E-state index in [4.69, 9.17) is 35.0 Å². The van der Waals surface area contributed by atoms with Crippen LogP contribution in [0.5, 0.6) is 11.5 Å². The number of carbonyl (C=O) groups is 1. The summed E-state index contributed by atoms with van der Waals surface area (Å²) in [4.78, 5) is 103. The molecule has 0 amide bonds. The fraction of sp³-hybridized carbons (Fsp3) is 0.133. The van der Waals surface area contributed by atoms with Gasteiger partial charge < -0.3 is 74.9 Å². The summed E-state index contributed by atoms with van der Waals surface area (Å²) in [6.07, 6.45) is 5.32. The highest BCUT2D eigenvalue weighted by Gasteiger charge is 2.18. The van der Waals surface area contributed by atoms with Crippen LogP contribution in [0.4, 0.5) is 0 Å². The quantitative estimate of drug-likeness (QED) is 0.0400. The second-order valence-corrected chi connectivity index (χ2v) is 34.1. The average molecular weight is 1910 g/mol. The molecular formula is C113H103N23O8. The number of fused-ring (bicyclic) bond motifs is 8. The van der Waals surface area contributed by atoms with Gasteiger partial charge >= 0.3 is 0 Å². The number of H-pyrrole nitrogens is 8. The number of aromatic nitrogens is 23. The van der Waals surface area contributed by atoms with Crippen molar-refractivity contribution in [2.24, 2.45) is 0 Å². The Morgan fingerprint density at radius 3 is 0.986 bits per heavy atom. The third kappa shape index (κ3) is 24.0. The smallest absolute Gasteiger partial charge is 0.298 e. The maximum Gasteiger partial charge on any atom is 0.298 e. The zero-order valence-electron chi connectivity index (χ0n) is 80.6. The Labute approximate surface area is 826 Å². The summed E-state index contributed by atoms with van der Waals surface area (Å²) in [5, 5.41) is 45.6. The predicted octanol–water partition coefficient (Wildman–Crippen LogP) is 21.4. The third-order valence-corrected chi connectivity index (χ3v) is 23.0. The summed E-state index contributed by atoms with van der Waals surface area (Å²) < 4.78 is 10.1. The van der Waals surface area contributed by atoms with Crippen LogP contribution in [0.25, 0.3) is 180 Å². The molecule has 0 atom stereocenters. The van der Waals surface area contributed by atoms with Crippen molar-refractivity contribution in [2.45, 2.75) is 95.3 Å². The number of aromatic amines is 8. The van der Waals surface area contributed by atoms with Gasteiger partial charge in [-0.25, -0.2) is 59.8 Å². The molecular weight excluding hydrogens is 1810 g/mol. The minimum absolute atomic E-state index is 0.0347. The van der Waals surface area contributed by atoms with Crippen LogP contribution in [0.3, 0.4) is 0 Å². The number of methoxy groups -OCH3 is 1. The van der Waals surface area contributed by atoms with Gasteiger partial charge in [-0.1, -0.05) is 96.6 Å². The first-order valence-electron chi connectivity index (χ1n) is 46.3. The van der Waals surface area contributed by atoms with E-state index in [0.717, 1.165) is 247 Å². The predicted molar refractivity (Wildman–Crippen MR) is 562 cm³/mol. The van der Waals surface area contributed by atoms with Crippen LogP contribution in [0.15, 0.2) is 298 Å². The number of aryl methyl sites for hydroxylation is 9. The number of carbonyl (C=O) groups excluding carboxylic acids is 1. The zero-order valence-corrected chi connectivity index (χ0v) is 80.6. The molecule has 15 aromatic heterocycles.